The van der Waals surface area contributed by atoms with Crippen molar-refractivity contribution in [1.29, 1.82) is 0 Å². The zero-order valence-electron chi connectivity index (χ0n) is 19.5. The van der Waals surface area contributed by atoms with Crippen molar-refractivity contribution < 1.29 is 9.53 Å². The van der Waals surface area contributed by atoms with E-state index in [1.54, 1.807) is 6.20 Å². The van der Waals surface area contributed by atoms with Crippen LogP contribution in [-0.2, 0) is 4.74 Å². The molecule has 2 aliphatic carbocycles. The van der Waals surface area contributed by atoms with Gasteiger partial charge >= 0.3 is 0 Å². The highest BCUT2D eigenvalue weighted by Crippen LogP contribution is 2.32. The molecule has 1 fully saturated rings. The number of carbonyl (C=O) groups is 1. The fourth-order valence-electron chi connectivity index (χ4n) is 4.67. The molecule has 3 unspecified atom stereocenters. The number of nitrogens with one attached hydrogen (secondary N) is 1. The van der Waals surface area contributed by atoms with Crippen molar-refractivity contribution in [2.24, 2.45) is 11.7 Å². The number of thiophene rings is 1. The number of ether oxygens (including phenoxy) is 1. The van der Waals surface area contributed by atoms with Crippen LogP contribution in [0.5, 0.6) is 0 Å². The van der Waals surface area contributed by atoms with Crippen LogP contribution < -0.4 is 11.1 Å². The second-order valence-corrected chi connectivity index (χ2v) is 10.3. The first-order valence-electron chi connectivity index (χ1n) is 11.9. The highest BCUT2D eigenvalue weighted by atomic mass is 32.1. The SMILES string of the molecule is Cc1sc(C(=O)c2cncnc2NC2CCC(CN)C2)cc1C(C)OCCC1=CCCC=C1. The largest absolute Gasteiger partial charge is 0.373 e. The van der Waals surface area contributed by atoms with Crippen molar-refractivity contribution in [1.82, 2.24) is 9.97 Å². The number of allylic oxidation sites excluding steroid dienone is 3. The summed E-state index contributed by atoms with van der Waals surface area (Å²) in [6.07, 6.45) is 16.1. The Morgan fingerprint density at radius 1 is 1.36 bits per heavy atom. The zero-order chi connectivity index (χ0) is 23.2. The van der Waals surface area contributed by atoms with Crippen LogP contribution in [0.2, 0.25) is 0 Å². The van der Waals surface area contributed by atoms with Crippen molar-refractivity contribution in [2.75, 3.05) is 18.5 Å². The number of hydrogen-bond acceptors (Lipinski definition) is 7. The van der Waals surface area contributed by atoms with Gasteiger partial charge in [0.1, 0.15) is 12.1 Å². The molecule has 0 amide bonds. The molecule has 176 valence electrons. The highest BCUT2D eigenvalue weighted by molar-refractivity contribution is 7.14. The molecule has 33 heavy (non-hydrogen) atoms. The molecule has 1 saturated carbocycles. The number of nitrogens with two attached hydrogens (primary N) is 1. The zero-order valence-corrected chi connectivity index (χ0v) is 20.4. The van der Waals surface area contributed by atoms with E-state index in [1.807, 2.05) is 6.07 Å². The predicted octanol–water partition coefficient (Wildman–Crippen LogP) is 5.36. The predicted molar refractivity (Wildman–Crippen MR) is 134 cm³/mol. The minimum atomic E-state index is -0.0627. The van der Waals surface area contributed by atoms with Gasteiger partial charge in [0.2, 0.25) is 5.78 Å². The molecule has 2 aliphatic rings. The van der Waals surface area contributed by atoms with Crippen molar-refractivity contribution in [2.45, 2.75) is 64.5 Å². The molecule has 2 aromatic heterocycles. The lowest BCUT2D eigenvalue weighted by Crippen LogP contribution is -2.20. The summed E-state index contributed by atoms with van der Waals surface area (Å²) in [4.78, 5) is 23.7. The quantitative estimate of drug-likeness (QED) is 0.458. The topological polar surface area (TPSA) is 90.1 Å². The van der Waals surface area contributed by atoms with Crippen molar-refractivity contribution in [3.8, 4) is 0 Å². The van der Waals surface area contributed by atoms with Crippen molar-refractivity contribution >= 4 is 22.9 Å². The van der Waals surface area contributed by atoms with E-state index in [0.717, 1.165) is 49.0 Å². The third kappa shape index (κ3) is 5.96. The fourth-order valence-corrected chi connectivity index (χ4v) is 5.73. The lowest BCUT2D eigenvalue weighted by Gasteiger charge is -2.15. The van der Waals surface area contributed by atoms with Gasteiger partial charge in [0.15, 0.2) is 0 Å². The second kappa shape index (κ2) is 11.2. The first-order chi connectivity index (χ1) is 16.0. The van der Waals surface area contributed by atoms with Gasteiger partial charge in [-0.15, -0.1) is 11.3 Å². The monoisotopic (exact) mass is 466 g/mol. The molecule has 2 aromatic rings. The standard InChI is InChI=1S/C26H34N4O2S/c1-17(32-11-10-19-6-4-3-5-7-19)22-13-24(33-18(22)2)25(31)23-15-28-16-29-26(23)30-21-9-8-20(12-21)14-27/h4,6-7,13,15-17,20-21H,3,5,8-12,14,27H2,1-2H3,(H,28,29,30). The lowest BCUT2D eigenvalue weighted by atomic mass is 10.0. The molecule has 2 heterocycles. The van der Waals surface area contributed by atoms with E-state index in [2.05, 4.69) is 47.4 Å². The Morgan fingerprint density at radius 2 is 2.24 bits per heavy atom. The van der Waals surface area contributed by atoms with Gasteiger partial charge in [-0.25, -0.2) is 9.97 Å². The van der Waals surface area contributed by atoms with Crippen LogP contribution >= 0.6 is 11.3 Å². The van der Waals surface area contributed by atoms with E-state index in [4.69, 9.17) is 10.5 Å². The average Bonchev–Trinajstić information content (AvgIpc) is 3.46. The molecular formula is C26H34N4O2S. The third-order valence-electron chi connectivity index (χ3n) is 6.62. The first-order valence-corrected chi connectivity index (χ1v) is 12.8. The number of nitrogens with zero attached hydrogens (tertiary/aromatic N) is 2. The molecule has 0 spiro atoms. The number of aromatic nitrogens is 2. The summed E-state index contributed by atoms with van der Waals surface area (Å²) in [5.74, 6) is 1.11. The summed E-state index contributed by atoms with van der Waals surface area (Å²) >= 11 is 1.51. The van der Waals surface area contributed by atoms with Gasteiger partial charge in [-0.1, -0.05) is 23.8 Å². The second-order valence-electron chi connectivity index (χ2n) is 9.01. The number of aryl methyl sites for hydroxylation is 1. The summed E-state index contributed by atoms with van der Waals surface area (Å²) in [5.41, 5.74) is 8.77. The van der Waals surface area contributed by atoms with Gasteiger partial charge in [0.25, 0.3) is 0 Å². The Balaban J connectivity index is 1.41. The minimum absolute atomic E-state index is 0.0458. The third-order valence-corrected chi connectivity index (χ3v) is 7.69. The Kier molecular flexibility index (Phi) is 8.06. The minimum Gasteiger partial charge on any atom is -0.373 e. The summed E-state index contributed by atoms with van der Waals surface area (Å²) < 4.78 is 6.12. The first kappa shape index (κ1) is 23.8. The summed E-state index contributed by atoms with van der Waals surface area (Å²) in [7, 11) is 0. The van der Waals surface area contributed by atoms with E-state index in [-0.39, 0.29) is 11.9 Å². The van der Waals surface area contributed by atoms with Crippen LogP contribution in [0.1, 0.15) is 77.2 Å². The van der Waals surface area contributed by atoms with Gasteiger partial charge in [0, 0.05) is 17.1 Å². The fraction of sp³-hybridized carbons (Fsp3) is 0.500. The molecule has 7 heteroatoms. The molecule has 0 saturated heterocycles. The number of hydrogen-bond donors (Lipinski definition) is 2. The van der Waals surface area contributed by atoms with Crippen LogP contribution in [-0.4, -0.2) is 34.9 Å². The van der Waals surface area contributed by atoms with Gasteiger partial charge < -0.3 is 15.8 Å². The highest BCUT2D eigenvalue weighted by Gasteiger charge is 2.26. The Bertz CT molecular complexity index is 1030. The maximum absolute atomic E-state index is 13.4. The van der Waals surface area contributed by atoms with Crippen molar-refractivity contribution in [3.63, 3.8) is 0 Å². The summed E-state index contributed by atoms with van der Waals surface area (Å²) in [6, 6.07) is 2.27. The van der Waals surface area contributed by atoms with Gasteiger partial charge in [0.05, 0.1) is 23.2 Å². The smallest absolute Gasteiger partial charge is 0.208 e. The van der Waals surface area contributed by atoms with E-state index in [1.165, 1.54) is 23.2 Å². The van der Waals surface area contributed by atoms with Crippen LogP contribution in [0.15, 0.2) is 42.4 Å². The number of carbonyl (C=O) groups excluding carboxylic acids is 1. The van der Waals surface area contributed by atoms with Gasteiger partial charge in [-0.05, 0) is 76.5 Å². The number of ketones is 1. The van der Waals surface area contributed by atoms with Crippen molar-refractivity contribution in [3.05, 3.63) is 63.3 Å². The number of rotatable bonds is 10. The van der Waals surface area contributed by atoms with E-state index >= 15 is 0 Å². The maximum Gasteiger partial charge on any atom is 0.208 e. The maximum atomic E-state index is 13.4. The summed E-state index contributed by atoms with van der Waals surface area (Å²) in [6.45, 7) is 5.48. The van der Waals surface area contributed by atoms with E-state index in [9.17, 15) is 4.79 Å². The van der Waals surface area contributed by atoms with Crippen LogP contribution in [0, 0.1) is 12.8 Å². The van der Waals surface area contributed by atoms with E-state index < -0.39 is 0 Å². The molecule has 0 bridgehead atoms. The van der Waals surface area contributed by atoms with Crippen LogP contribution in [0.25, 0.3) is 0 Å². The Labute approximate surface area is 200 Å². The van der Waals surface area contributed by atoms with Crippen LogP contribution in [0.3, 0.4) is 0 Å². The Hall–Kier alpha value is -2.35. The molecule has 3 atom stereocenters. The molecule has 0 aliphatic heterocycles. The number of anilines is 1. The molecule has 3 N–H and O–H groups in total. The van der Waals surface area contributed by atoms with E-state index in [0.29, 0.717) is 41.4 Å². The molecule has 4 rings (SSSR count). The molecular weight excluding hydrogens is 432 g/mol. The molecule has 0 radical (unpaired) electrons. The van der Waals surface area contributed by atoms with Gasteiger partial charge in [-0.2, -0.15) is 0 Å². The molecule has 0 aromatic carbocycles. The normalized spacial score (nSPS) is 21.1. The van der Waals surface area contributed by atoms with Crippen LogP contribution in [0.4, 0.5) is 5.82 Å². The lowest BCUT2D eigenvalue weighted by molar-refractivity contribution is 0.0683. The Morgan fingerprint density at radius 3 is 3.00 bits per heavy atom. The average molecular weight is 467 g/mol. The summed E-state index contributed by atoms with van der Waals surface area (Å²) in [5, 5.41) is 3.47. The molecule has 6 nitrogen and oxygen atoms in total. The van der Waals surface area contributed by atoms with Gasteiger partial charge in [-0.3, -0.25) is 4.79 Å².